The van der Waals surface area contributed by atoms with Crippen molar-refractivity contribution in [3.63, 3.8) is 0 Å². The molecule has 1 aromatic rings. The number of allylic oxidation sites excluding steroid dienone is 2. The van der Waals surface area contributed by atoms with E-state index in [0.717, 1.165) is 5.56 Å². The Kier molecular flexibility index (Phi) is 10.1. The van der Waals surface area contributed by atoms with Gasteiger partial charge in [-0.1, -0.05) is 36.4 Å². The standard InChI is InChI=1S/C20H29F3N2O5S/c1-2-30-18(27)19(24,14-31(25,28)29)17(26)8-6-4-3-5-7-15-9-11-16(12-10-15)13-20(21,22)23/h3-4,9-12,17,26H,2,5-8,13-14,24H2,1H3,(H2,25,28,29)/b4-3+. The Morgan fingerprint density at radius 3 is 2.23 bits per heavy atom. The number of aliphatic hydroxyl groups excluding tert-OH is 1. The van der Waals surface area contributed by atoms with Gasteiger partial charge in [0.15, 0.2) is 5.54 Å². The summed E-state index contributed by atoms with van der Waals surface area (Å²) in [6, 6.07) is 6.19. The van der Waals surface area contributed by atoms with Crippen LogP contribution in [0.25, 0.3) is 0 Å². The first-order valence-electron chi connectivity index (χ1n) is 9.71. The van der Waals surface area contributed by atoms with E-state index in [0.29, 0.717) is 19.3 Å². The van der Waals surface area contributed by atoms with E-state index < -0.39 is 46.0 Å². The number of aryl methyl sites for hydroxylation is 1. The van der Waals surface area contributed by atoms with Crippen LogP contribution in [0.15, 0.2) is 36.4 Å². The zero-order valence-electron chi connectivity index (χ0n) is 17.3. The lowest BCUT2D eigenvalue weighted by molar-refractivity contribution is -0.153. The molecule has 0 aromatic heterocycles. The summed E-state index contributed by atoms with van der Waals surface area (Å²) in [5, 5.41) is 15.3. The Bertz CT molecular complexity index is 841. The maximum absolute atomic E-state index is 12.4. The van der Waals surface area contributed by atoms with Crippen molar-refractivity contribution in [1.29, 1.82) is 0 Å². The number of hydrogen-bond acceptors (Lipinski definition) is 6. The van der Waals surface area contributed by atoms with E-state index in [2.05, 4.69) is 0 Å². The minimum Gasteiger partial charge on any atom is -0.465 e. The quantitative estimate of drug-likeness (QED) is 0.319. The minimum atomic E-state index is -4.24. The van der Waals surface area contributed by atoms with Crippen LogP contribution in [0.4, 0.5) is 13.2 Å². The summed E-state index contributed by atoms with van der Waals surface area (Å²) in [7, 11) is -4.14. The molecular formula is C20H29F3N2O5S. The van der Waals surface area contributed by atoms with Crippen molar-refractivity contribution in [3.8, 4) is 0 Å². The third kappa shape index (κ3) is 10.3. The van der Waals surface area contributed by atoms with Gasteiger partial charge in [-0.05, 0) is 43.7 Å². The third-order valence-electron chi connectivity index (χ3n) is 4.49. The van der Waals surface area contributed by atoms with Crippen molar-refractivity contribution < 1.29 is 36.2 Å². The van der Waals surface area contributed by atoms with Crippen molar-refractivity contribution in [2.75, 3.05) is 12.4 Å². The summed E-state index contributed by atoms with van der Waals surface area (Å²) in [5.41, 5.74) is 4.76. The molecule has 1 aromatic carbocycles. The molecule has 0 amide bonds. The summed E-state index contributed by atoms with van der Waals surface area (Å²) in [4.78, 5) is 12.1. The average molecular weight is 467 g/mol. The van der Waals surface area contributed by atoms with Gasteiger partial charge in [-0.15, -0.1) is 0 Å². The second-order valence-corrected chi connectivity index (χ2v) is 8.89. The topological polar surface area (TPSA) is 133 Å². The molecule has 11 heteroatoms. The zero-order valence-corrected chi connectivity index (χ0v) is 18.1. The second kappa shape index (κ2) is 11.6. The summed E-state index contributed by atoms with van der Waals surface area (Å²) in [6.07, 6.45) is -1.59. The number of halogens is 3. The van der Waals surface area contributed by atoms with Crippen LogP contribution >= 0.6 is 0 Å². The number of nitrogens with two attached hydrogens (primary N) is 2. The first-order chi connectivity index (χ1) is 14.3. The van der Waals surface area contributed by atoms with Crippen LogP contribution in [0.5, 0.6) is 0 Å². The second-order valence-electron chi connectivity index (χ2n) is 7.28. The summed E-state index contributed by atoms with van der Waals surface area (Å²) in [5.74, 6) is -2.00. The Hall–Kier alpha value is -1.95. The molecule has 0 aliphatic rings. The summed E-state index contributed by atoms with van der Waals surface area (Å²) < 4.78 is 64.7. The summed E-state index contributed by atoms with van der Waals surface area (Å²) >= 11 is 0. The molecule has 0 aliphatic carbocycles. The molecule has 176 valence electrons. The largest absolute Gasteiger partial charge is 0.465 e. The van der Waals surface area contributed by atoms with Gasteiger partial charge >= 0.3 is 12.1 Å². The molecule has 1 rings (SSSR count). The highest BCUT2D eigenvalue weighted by Gasteiger charge is 2.45. The van der Waals surface area contributed by atoms with Gasteiger partial charge in [0.2, 0.25) is 10.0 Å². The van der Waals surface area contributed by atoms with Gasteiger partial charge in [0.25, 0.3) is 0 Å². The molecule has 31 heavy (non-hydrogen) atoms. The molecule has 0 saturated heterocycles. The Morgan fingerprint density at radius 1 is 1.16 bits per heavy atom. The van der Waals surface area contributed by atoms with Crippen LogP contribution in [0, 0.1) is 0 Å². The van der Waals surface area contributed by atoms with E-state index >= 15 is 0 Å². The number of benzene rings is 1. The number of sulfonamides is 1. The first kappa shape index (κ1) is 27.1. The van der Waals surface area contributed by atoms with Gasteiger partial charge < -0.3 is 15.6 Å². The van der Waals surface area contributed by atoms with Gasteiger partial charge in [0, 0.05) is 0 Å². The molecule has 0 bridgehead atoms. The van der Waals surface area contributed by atoms with E-state index in [1.54, 1.807) is 18.2 Å². The molecule has 0 aliphatic heterocycles. The molecule has 2 unspecified atom stereocenters. The number of carbonyl (C=O) groups excluding carboxylic acids is 1. The normalized spacial score (nSPS) is 15.6. The molecule has 2 atom stereocenters. The maximum Gasteiger partial charge on any atom is 0.393 e. The molecule has 7 nitrogen and oxygen atoms in total. The van der Waals surface area contributed by atoms with Crippen molar-refractivity contribution in [2.45, 2.75) is 56.8 Å². The average Bonchev–Trinajstić information content (AvgIpc) is 2.63. The number of esters is 1. The predicted molar refractivity (Wildman–Crippen MR) is 110 cm³/mol. The molecule has 0 spiro atoms. The Morgan fingerprint density at radius 2 is 1.71 bits per heavy atom. The van der Waals surface area contributed by atoms with Crippen LogP contribution in [0.1, 0.15) is 37.3 Å². The van der Waals surface area contributed by atoms with Crippen molar-refractivity contribution in [2.24, 2.45) is 10.9 Å². The molecule has 0 radical (unpaired) electrons. The van der Waals surface area contributed by atoms with E-state index in [9.17, 15) is 31.5 Å². The maximum atomic E-state index is 12.4. The number of carbonyl (C=O) groups is 1. The Labute approximate surface area is 180 Å². The van der Waals surface area contributed by atoms with E-state index in [-0.39, 0.29) is 18.6 Å². The van der Waals surface area contributed by atoms with Crippen LogP contribution in [0.2, 0.25) is 0 Å². The van der Waals surface area contributed by atoms with Crippen LogP contribution in [-0.4, -0.2) is 49.7 Å². The van der Waals surface area contributed by atoms with E-state index in [4.69, 9.17) is 15.6 Å². The molecule has 0 fully saturated rings. The van der Waals surface area contributed by atoms with E-state index in [1.165, 1.54) is 19.1 Å². The lowest BCUT2D eigenvalue weighted by Gasteiger charge is -2.30. The first-order valence-corrected chi connectivity index (χ1v) is 11.4. The minimum absolute atomic E-state index is 0.00741. The van der Waals surface area contributed by atoms with Crippen molar-refractivity contribution in [3.05, 3.63) is 47.5 Å². The highest BCUT2D eigenvalue weighted by Crippen LogP contribution is 2.22. The van der Waals surface area contributed by atoms with E-state index in [1.807, 2.05) is 6.08 Å². The fourth-order valence-corrected chi connectivity index (χ4v) is 3.92. The molecule has 5 N–H and O–H groups in total. The van der Waals surface area contributed by atoms with Gasteiger partial charge in [-0.2, -0.15) is 13.2 Å². The van der Waals surface area contributed by atoms with Crippen molar-refractivity contribution >= 4 is 16.0 Å². The number of rotatable bonds is 12. The SMILES string of the molecule is CCOC(=O)C(N)(CS(N)(=O)=O)C(O)CC/C=C/CCc1ccc(CC(F)(F)F)cc1. The smallest absolute Gasteiger partial charge is 0.393 e. The highest BCUT2D eigenvalue weighted by molar-refractivity contribution is 7.89. The number of hydrogen-bond donors (Lipinski definition) is 3. The predicted octanol–water partition coefficient (Wildman–Crippen LogP) is 1.97. The molecule has 0 heterocycles. The molecular weight excluding hydrogens is 437 g/mol. The zero-order chi connectivity index (χ0) is 23.7. The van der Waals surface area contributed by atoms with Gasteiger partial charge in [0.1, 0.15) is 0 Å². The summed E-state index contributed by atoms with van der Waals surface area (Å²) in [6.45, 7) is 1.49. The number of alkyl halides is 3. The lowest BCUT2D eigenvalue weighted by Crippen LogP contribution is -2.62. The monoisotopic (exact) mass is 466 g/mol. The lowest BCUT2D eigenvalue weighted by atomic mass is 9.92. The van der Waals surface area contributed by atoms with Crippen LogP contribution in [-0.2, 0) is 32.4 Å². The van der Waals surface area contributed by atoms with Crippen LogP contribution < -0.4 is 10.9 Å². The number of primary sulfonamides is 1. The van der Waals surface area contributed by atoms with Gasteiger partial charge in [-0.25, -0.2) is 18.4 Å². The van der Waals surface area contributed by atoms with Gasteiger partial charge in [-0.3, -0.25) is 0 Å². The van der Waals surface area contributed by atoms with Crippen molar-refractivity contribution in [1.82, 2.24) is 0 Å². The van der Waals surface area contributed by atoms with Gasteiger partial charge in [0.05, 0.1) is 24.9 Å². The fourth-order valence-electron chi connectivity index (χ4n) is 2.94. The Balaban J connectivity index is 2.54. The molecule has 0 saturated carbocycles. The number of aliphatic hydroxyl groups is 1. The fraction of sp³-hybridized carbons (Fsp3) is 0.550. The number of ether oxygens (including phenoxy) is 1. The van der Waals surface area contributed by atoms with Crippen LogP contribution in [0.3, 0.4) is 0 Å². The third-order valence-corrected chi connectivity index (χ3v) is 5.37. The highest BCUT2D eigenvalue weighted by atomic mass is 32.2.